The van der Waals surface area contributed by atoms with E-state index in [2.05, 4.69) is 25.2 Å². The van der Waals surface area contributed by atoms with Crippen molar-refractivity contribution in [2.45, 2.75) is 31.4 Å². The number of nitrogens with one attached hydrogen (secondary N) is 1. The second-order valence-corrected chi connectivity index (χ2v) is 5.51. The Bertz CT molecular complexity index is 236. The number of thiocarbonyl (C=S) groups is 1. The summed E-state index contributed by atoms with van der Waals surface area (Å²) in [5, 5.41) is 3.88. The van der Waals surface area contributed by atoms with Gasteiger partial charge in [0.05, 0.1) is 15.6 Å². The Morgan fingerprint density at radius 3 is 2.46 bits per heavy atom. The highest BCUT2D eigenvalue weighted by atomic mass is 32.2. The molecule has 1 aliphatic heterocycles. The molecule has 0 aromatic carbocycles. The molecule has 0 aliphatic carbocycles. The molecule has 2 atom stereocenters. The van der Waals surface area contributed by atoms with Crippen LogP contribution in [0.4, 0.5) is 0 Å². The van der Waals surface area contributed by atoms with Crippen LogP contribution in [0.3, 0.4) is 0 Å². The minimum absolute atomic E-state index is 0.256. The molecule has 2 nitrogen and oxygen atoms in total. The van der Waals surface area contributed by atoms with E-state index in [0.29, 0.717) is 11.2 Å². The Morgan fingerprint density at radius 2 is 2.15 bits per heavy atom. The van der Waals surface area contributed by atoms with E-state index in [-0.39, 0.29) is 5.37 Å². The van der Waals surface area contributed by atoms with E-state index < -0.39 is 0 Å². The molecule has 0 bridgehead atoms. The first-order chi connectivity index (χ1) is 6.00. The quantitative estimate of drug-likeness (QED) is 0.558. The van der Waals surface area contributed by atoms with Crippen LogP contribution in [0, 0.1) is 5.92 Å². The molecule has 2 unspecified atom stereocenters. The van der Waals surface area contributed by atoms with Crippen LogP contribution in [0.15, 0.2) is 11.8 Å². The van der Waals surface area contributed by atoms with Crippen molar-refractivity contribution < 1.29 is 0 Å². The molecule has 0 spiro atoms. The Balaban J connectivity index is 2.60. The Kier molecular flexibility index (Phi) is 3.76. The van der Waals surface area contributed by atoms with Gasteiger partial charge in [-0.15, -0.1) is 11.8 Å². The van der Waals surface area contributed by atoms with Gasteiger partial charge in [-0.25, -0.2) is 0 Å². The molecular weight excluding hydrogens is 200 g/mol. The number of thioether (sulfide) groups is 1. The lowest BCUT2D eigenvalue weighted by molar-refractivity contribution is 0.799. The van der Waals surface area contributed by atoms with Crippen LogP contribution in [0.2, 0.25) is 0 Å². The maximum Gasteiger partial charge on any atom is 0.0763 e. The van der Waals surface area contributed by atoms with Crippen molar-refractivity contribution in [3.8, 4) is 0 Å². The average molecular weight is 216 g/mol. The first-order valence-electron chi connectivity index (χ1n) is 4.41. The smallest absolute Gasteiger partial charge is 0.0763 e. The van der Waals surface area contributed by atoms with Gasteiger partial charge in [-0.05, 0) is 12.8 Å². The number of hydrogen-bond donors (Lipinski definition) is 2. The average Bonchev–Trinajstić information content (AvgIpc) is 2.63. The molecule has 1 fully saturated rings. The molecule has 4 heteroatoms. The molecule has 0 amide bonds. The topological polar surface area (TPSA) is 38.0 Å². The molecule has 1 rings (SSSR count). The fourth-order valence-electron chi connectivity index (χ4n) is 1.14. The molecule has 3 N–H and O–H groups in total. The molecule has 0 saturated carbocycles. The first-order valence-corrected chi connectivity index (χ1v) is 5.76. The predicted molar refractivity (Wildman–Crippen MR) is 63.7 cm³/mol. The van der Waals surface area contributed by atoms with Gasteiger partial charge in [0, 0.05) is 5.70 Å². The SMILES string of the molecule is CC(=S)N/C(=C\C(C)C)C1SC1N. The van der Waals surface area contributed by atoms with Gasteiger partial charge in [0.1, 0.15) is 0 Å². The zero-order valence-corrected chi connectivity index (χ0v) is 9.84. The van der Waals surface area contributed by atoms with Crippen LogP contribution >= 0.6 is 24.0 Å². The second-order valence-electron chi connectivity index (χ2n) is 3.57. The van der Waals surface area contributed by atoms with Gasteiger partial charge < -0.3 is 11.1 Å². The number of nitrogens with two attached hydrogens (primary N) is 1. The maximum atomic E-state index is 5.76. The van der Waals surface area contributed by atoms with E-state index in [1.54, 1.807) is 11.8 Å². The van der Waals surface area contributed by atoms with Crippen LogP contribution in [0.25, 0.3) is 0 Å². The minimum atomic E-state index is 0.256. The zero-order valence-electron chi connectivity index (χ0n) is 8.20. The summed E-state index contributed by atoms with van der Waals surface area (Å²) in [4.78, 5) is 0.812. The number of allylic oxidation sites excluding steroid dienone is 1. The van der Waals surface area contributed by atoms with Gasteiger partial charge in [0.2, 0.25) is 0 Å². The van der Waals surface area contributed by atoms with E-state index in [0.717, 1.165) is 4.99 Å². The third-order valence-corrected chi connectivity index (χ3v) is 2.88. The summed E-state index contributed by atoms with van der Waals surface area (Å²) in [6.45, 7) is 6.19. The Hall–Kier alpha value is -0.0600. The monoisotopic (exact) mass is 216 g/mol. The third-order valence-electron chi connectivity index (χ3n) is 1.67. The van der Waals surface area contributed by atoms with Crippen LogP contribution in [-0.2, 0) is 0 Å². The van der Waals surface area contributed by atoms with Gasteiger partial charge in [-0.3, -0.25) is 0 Å². The zero-order chi connectivity index (χ0) is 10.0. The van der Waals surface area contributed by atoms with E-state index >= 15 is 0 Å². The van der Waals surface area contributed by atoms with Gasteiger partial charge in [-0.1, -0.05) is 32.1 Å². The lowest BCUT2D eigenvalue weighted by Gasteiger charge is -2.09. The van der Waals surface area contributed by atoms with E-state index in [4.69, 9.17) is 18.0 Å². The Morgan fingerprint density at radius 1 is 1.62 bits per heavy atom. The summed E-state index contributed by atoms with van der Waals surface area (Å²) >= 11 is 6.78. The van der Waals surface area contributed by atoms with Crippen molar-refractivity contribution in [3.63, 3.8) is 0 Å². The molecule has 74 valence electrons. The van der Waals surface area contributed by atoms with Gasteiger partial charge in [0.15, 0.2) is 0 Å². The van der Waals surface area contributed by atoms with Crippen molar-refractivity contribution >= 4 is 29.0 Å². The highest BCUT2D eigenvalue weighted by molar-refractivity contribution is 8.07. The van der Waals surface area contributed by atoms with E-state index in [1.165, 1.54) is 5.70 Å². The van der Waals surface area contributed by atoms with Gasteiger partial charge in [-0.2, -0.15) is 0 Å². The maximum absolute atomic E-state index is 5.76. The van der Waals surface area contributed by atoms with Crippen molar-refractivity contribution in [1.29, 1.82) is 0 Å². The molecule has 1 saturated heterocycles. The summed E-state index contributed by atoms with van der Waals surface area (Å²) < 4.78 is 0. The molecular formula is C9H16N2S2. The number of hydrogen-bond acceptors (Lipinski definition) is 3. The normalized spacial score (nSPS) is 27.6. The van der Waals surface area contributed by atoms with Crippen molar-refractivity contribution in [2.75, 3.05) is 0 Å². The fourth-order valence-corrected chi connectivity index (χ4v) is 1.94. The highest BCUT2D eigenvalue weighted by Gasteiger charge is 2.38. The Labute approximate surface area is 89.3 Å². The molecule has 0 aromatic heterocycles. The van der Waals surface area contributed by atoms with E-state index in [9.17, 15) is 0 Å². The second kappa shape index (κ2) is 4.44. The summed E-state index contributed by atoms with van der Waals surface area (Å²) in [5.74, 6) is 0.533. The largest absolute Gasteiger partial charge is 0.353 e. The molecule has 0 radical (unpaired) electrons. The van der Waals surface area contributed by atoms with Crippen molar-refractivity contribution in [1.82, 2.24) is 5.32 Å². The molecule has 0 aromatic rings. The minimum Gasteiger partial charge on any atom is -0.353 e. The lowest BCUT2D eigenvalue weighted by atomic mass is 10.1. The molecule has 13 heavy (non-hydrogen) atoms. The van der Waals surface area contributed by atoms with Gasteiger partial charge in [0.25, 0.3) is 0 Å². The summed E-state index contributed by atoms with van der Waals surface area (Å²) in [6, 6.07) is 0. The molecule has 1 heterocycles. The lowest BCUT2D eigenvalue weighted by Crippen LogP contribution is -2.24. The highest BCUT2D eigenvalue weighted by Crippen LogP contribution is 2.41. The predicted octanol–water partition coefficient (Wildman–Crippen LogP) is 1.86. The fraction of sp³-hybridized carbons (Fsp3) is 0.667. The van der Waals surface area contributed by atoms with E-state index in [1.807, 2.05) is 6.92 Å². The van der Waals surface area contributed by atoms with Crippen molar-refractivity contribution in [2.24, 2.45) is 11.7 Å². The number of rotatable bonds is 3. The third kappa shape index (κ3) is 3.67. The van der Waals surface area contributed by atoms with Crippen LogP contribution in [-0.4, -0.2) is 15.6 Å². The van der Waals surface area contributed by atoms with Crippen LogP contribution in [0.5, 0.6) is 0 Å². The first kappa shape index (κ1) is 11.0. The summed E-state index contributed by atoms with van der Waals surface area (Å²) in [5.41, 5.74) is 6.94. The van der Waals surface area contributed by atoms with Crippen molar-refractivity contribution in [3.05, 3.63) is 11.8 Å². The van der Waals surface area contributed by atoms with Crippen LogP contribution < -0.4 is 11.1 Å². The molecule has 1 aliphatic rings. The van der Waals surface area contributed by atoms with Gasteiger partial charge >= 0.3 is 0 Å². The standard InChI is InChI=1S/C9H16N2S2/c1-5(2)4-7(11-6(3)12)8-9(10)13-8/h4-5,8-9H,10H2,1-3H3,(H,11,12)/b7-4-. The van der Waals surface area contributed by atoms with Crippen LogP contribution in [0.1, 0.15) is 20.8 Å². The summed E-state index contributed by atoms with van der Waals surface area (Å²) in [7, 11) is 0. The summed E-state index contributed by atoms with van der Waals surface area (Å²) in [6.07, 6.45) is 2.19.